The molecule has 1 fully saturated rings. The quantitative estimate of drug-likeness (QED) is 0.841. The van der Waals surface area contributed by atoms with Crippen LogP contribution in [0.15, 0.2) is 23.1 Å². The van der Waals surface area contributed by atoms with Crippen molar-refractivity contribution in [2.75, 3.05) is 31.5 Å². The summed E-state index contributed by atoms with van der Waals surface area (Å²) in [7, 11) is 0. The Balaban J connectivity index is 1.75. The van der Waals surface area contributed by atoms with Crippen LogP contribution in [0.1, 0.15) is 30.6 Å². The molecule has 0 aromatic heterocycles. The van der Waals surface area contributed by atoms with Gasteiger partial charge in [-0.3, -0.25) is 14.4 Å². The molecule has 0 saturated carbocycles. The minimum Gasteiger partial charge on any atom is -0.341 e. The van der Waals surface area contributed by atoms with Crippen molar-refractivity contribution in [1.82, 2.24) is 9.80 Å². The summed E-state index contributed by atoms with van der Waals surface area (Å²) in [6, 6.07) is 5.46. The molecule has 0 radical (unpaired) electrons. The average Bonchev–Trinajstić information content (AvgIpc) is 2.81. The molecule has 1 saturated heterocycles. The van der Waals surface area contributed by atoms with Gasteiger partial charge in [-0.25, -0.2) is 0 Å². The minimum absolute atomic E-state index is 0.0380. The predicted octanol–water partition coefficient (Wildman–Crippen LogP) is 1.81. The lowest BCUT2D eigenvalue weighted by Crippen LogP contribution is -2.36. The Morgan fingerprint density at radius 3 is 2.62 bits per heavy atom. The summed E-state index contributed by atoms with van der Waals surface area (Å²) in [5.74, 6) is -0.0445. The third-order valence-corrected chi connectivity index (χ3v) is 5.56. The summed E-state index contributed by atoms with van der Waals surface area (Å²) >= 11 is 1.50. The van der Waals surface area contributed by atoms with Crippen molar-refractivity contribution in [1.29, 1.82) is 0 Å². The van der Waals surface area contributed by atoms with Crippen molar-refractivity contribution < 1.29 is 14.4 Å². The Morgan fingerprint density at radius 1 is 1.17 bits per heavy atom. The Bertz CT molecular complexity index is 692. The summed E-state index contributed by atoms with van der Waals surface area (Å²) in [5, 5.41) is 2.74. The van der Waals surface area contributed by atoms with E-state index in [-0.39, 0.29) is 23.0 Å². The molecule has 3 amide bonds. The van der Waals surface area contributed by atoms with Crippen molar-refractivity contribution >= 4 is 35.2 Å². The van der Waals surface area contributed by atoms with Gasteiger partial charge in [0.25, 0.3) is 5.91 Å². The lowest BCUT2D eigenvalue weighted by atomic mass is 10.1. The van der Waals surface area contributed by atoms with Gasteiger partial charge in [-0.2, -0.15) is 0 Å². The minimum atomic E-state index is -0.123. The Kier molecular flexibility index (Phi) is 4.80. The van der Waals surface area contributed by atoms with Crippen molar-refractivity contribution in [3.05, 3.63) is 23.8 Å². The first-order chi connectivity index (χ1) is 11.5. The standard InChI is InChI=1S/C17H21N3O3S/c1-11-16(22)18-14-10-13(4-5-15(14)24-11)17(23)20-7-3-6-19(8-9-20)12(2)21/h4-5,10-11H,3,6-9H2,1-2H3,(H,18,22). The van der Waals surface area contributed by atoms with Crippen LogP contribution in [0.3, 0.4) is 0 Å². The highest BCUT2D eigenvalue weighted by atomic mass is 32.2. The van der Waals surface area contributed by atoms with Crippen molar-refractivity contribution in [2.24, 2.45) is 0 Å². The zero-order valence-corrected chi connectivity index (χ0v) is 14.7. The van der Waals surface area contributed by atoms with E-state index in [9.17, 15) is 14.4 Å². The van der Waals surface area contributed by atoms with Gasteiger partial charge in [0, 0.05) is 43.6 Å². The largest absolute Gasteiger partial charge is 0.341 e. The zero-order chi connectivity index (χ0) is 17.3. The van der Waals surface area contributed by atoms with E-state index in [1.165, 1.54) is 11.8 Å². The third-order valence-electron chi connectivity index (χ3n) is 4.39. The number of nitrogens with one attached hydrogen (secondary N) is 1. The first kappa shape index (κ1) is 16.8. The smallest absolute Gasteiger partial charge is 0.253 e. The van der Waals surface area contributed by atoms with Crippen LogP contribution in [0, 0.1) is 0 Å². The molecule has 2 aliphatic heterocycles. The Morgan fingerprint density at radius 2 is 1.88 bits per heavy atom. The van der Waals surface area contributed by atoms with Crippen LogP contribution in [0.4, 0.5) is 5.69 Å². The number of amides is 3. The van der Waals surface area contributed by atoms with Crippen LogP contribution in [0.2, 0.25) is 0 Å². The fourth-order valence-corrected chi connectivity index (χ4v) is 3.89. The van der Waals surface area contributed by atoms with Gasteiger partial charge in [0.05, 0.1) is 10.9 Å². The molecule has 0 bridgehead atoms. The number of hydrogen-bond donors (Lipinski definition) is 1. The monoisotopic (exact) mass is 347 g/mol. The molecule has 0 aliphatic carbocycles. The second-order valence-electron chi connectivity index (χ2n) is 6.11. The van der Waals surface area contributed by atoms with E-state index in [1.807, 2.05) is 19.1 Å². The lowest BCUT2D eigenvalue weighted by Gasteiger charge is -2.24. The summed E-state index contributed by atoms with van der Waals surface area (Å²) in [6.07, 6.45) is 0.778. The summed E-state index contributed by atoms with van der Waals surface area (Å²) in [6.45, 7) is 5.85. The van der Waals surface area contributed by atoms with Crippen LogP contribution >= 0.6 is 11.8 Å². The molecule has 128 valence electrons. The van der Waals surface area contributed by atoms with Crippen molar-refractivity contribution in [2.45, 2.75) is 30.4 Å². The fraction of sp³-hybridized carbons (Fsp3) is 0.471. The van der Waals surface area contributed by atoms with Crippen molar-refractivity contribution in [3.63, 3.8) is 0 Å². The molecule has 7 heteroatoms. The number of rotatable bonds is 1. The molecule has 1 unspecified atom stereocenters. The van der Waals surface area contributed by atoms with Crippen LogP contribution in [0.5, 0.6) is 0 Å². The topological polar surface area (TPSA) is 69.7 Å². The number of benzene rings is 1. The molecular formula is C17H21N3O3S. The van der Waals surface area contributed by atoms with Gasteiger partial charge < -0.3 is 15.1 Å². The first-order valence-corrected chi connectivity index (χ1v) is 9.00. The van der Waals surface area contributed by atoms with Crippen LogP contribution in [0.25, 0.3) is 0 Å². The van der Waals surface area contributed by atoms with Crippen LogP contribution < -0.4 is 5.32 Å². The average molecular weight is 347 g/mol. The molecule has 24 heavy (non-hydrogen) atoms. The zero-order valence-electron chi connectivity index (χ0n) is 13.9. The molecule has 1 N–H and O–H groups in total. The van der Waals surface area contributed by atoms with Gasteiger partial charge in [-0.05, 0) is 31.5 Å². The molecule has 0 spiro atoms. The number of carbonyl (C=O) groups excluding carboxylic acids is 3. The highest BCUT2D eigenvalue weighted by Crippen LogP contribution is 2.36. The predicted molar refractivity (Wildman–Crippen MR) is 93.2 cm³/mol. The van der Waals surface area contributed by atoms with Gasteiger partial charge in [0.1, 0.15) is 0 Å². The van der Waals surface area contributed by atoms with E-state index in [2.05, 4.69) is 5.32 Å². The van der Waals surface area contributed by atoms with E-state index in [0.29, 0.717) is 37.4 Å². The van der Waals surface area contributed by atoms with E-state index >= 15 is 0 Å². The maximum atomic E-state index is 12.8. The lowest BCUT2D eigenvalue weighted by molar-refractivity contribution is -0.128. The molecule has 2 aliphatic rings. The SMILES string of the molecule is CC(=O)N1CCCN(C(=O)c2ccc3c(c2)NC(=O)C(C)S3)CC1. The molecule has 1 aromatic carbocycles. The second-order valence-corrected chi connectivity index (χ2v) is 7.49. The van der Waals surface area contributed by atoms with E-state index in [0.717, 1.165) is 11.3 Å². The van der Waals surface area contributed by atoms with Crippen molar-refractivity contribution in [3.8, 4) is 0 Å². The summed E-state index contributed by atoms with van der Waals surface area (Å²) in [4.78, 5) is 40.6. The van der Waals surface area contributed by atoms with Crippen LogP contribution in [-0.4, -0.2) is 59.0 Å². The highest BCUT2D eigenvalue weighted by molar-refractivity contribution is 8.00. The van der Waals surface area contributed by atoms with Gasteiger partial charge in [0.15, 0.2) is 0 Å². The molecule has 6 nitrogen and oxygen atoms in total. The second kappa shape index (κ2) is 6.84. The fourth-order valence-electron chi connectivity index (χ4n) is 2.96. The number of hydrogen-bond acceptors (Lipinski definition) is 4. The number of carbonyl (C=O) groups is 3. The maximum absolute atomic E-state index is 12.8. The number of fused-ring (bicyclic) bond motifs is 1. The number of nitrogens with zero attached hydrogens (tertiary/aromatic N) is 2. The van der Waals surface area contributed by atoms with E-state index in [4.69, 9.17) is 0 Å². The summed E-state index contributed by atoms with van der Waals surface area (Å²) in [5.41, 5.74) is 1.27. The molecular weight excluding hydrogens is 326 g/mol. The highest BCUT2D eigenvalue weighted by Gasteiger charge is 2.26. The van der Waals surface area contributed by atoms with E-state index < -0.39 is 0 Å². The number of anilines is 1. The third kappa shape index (κ3) is 3.40. The first-order valence-electron chi connectivity index (χ1n) is 8.12. The Hall–Kier alpha value is -2.02. The Labute approximate surface area is 145 Å². The maximum Gasteiger partial charge on any atom is 0.253 e. The molecule has 3 rings (SSSR count). The van der Waals surface area contributed by atoms with Crippen LogP contribution in [-0.2, 0) is 9.59 Å². The molecule has 1 aromatic rings. The van der Waals surface area contributed by atoms with Gasteiger partial charge >= 0.3 is 0 Å². The normalized spacial score (nSPS) is 20.9. The van der Waals surface area contributed by atoms with Gasteiger partial charge in [-0.15, -0.1) is 11.8 Å². The summed E-state index contributed by atoms with van der Waals surface area (Å²) < 4.78 is 0. The van der Waals surface area contributed by atoms with Gasteiger partial charge in [0.2, 0.25) is 11.8 Å². The number of thioether (sulfide) groups is 1. The van der Waals surface area contributed by atoms with E-state index in [1.54, 1.807) is 22.8 Å². The van der Waals surface area contributed by atoms with Gasteiger partial charge in [-0.1, -0.05) is 0 Å². The molecule has 2 heterocycles. The molecule has 1 atom stereocenters.